The van der Waals surface area contributed by atoms with E-state index in [1.807, 2.05) is 18.2 Å². The molecule has 0 saturated heterocycles. The van der Waals surface area contributed by atoms with Crippen LogP contribution in [0.1, 0.15) is 35.9 Å². The second kappa shape index (κ2) is 7.11. The number of nitrogens with one attached hydrogen (secondary N) is 1. The summed E-state index contributed by atoms with van der Waals surface area (Å²) in [5.41, 5.74) is 2.45. The first kappa shape index (κ1) is 15.4. The van der Waals surface area contributed by atoms with Gasteiger partial charge >= 0.3 is 0 Å². The van der Waals surface area contributed by atoms with Crippen molar-refractivity contribution in [2.75, 3.05) is 6.54 Å². The van der Waals surface area contributed by atoms with Gasteiger partial charge in [0.15, 0.2) is 0 Å². The lowest BCUT2D eigenvalue weighted by molar-refractivity contribution is 0.303. The SMILES string of the molecule is CCNC(C)c1cc(C)ccc1OCc1ccc(Cl)s1. The van der Waals surface area contributed by atoms with Crippen molar-refractivity contribution in [3.8, 4) is 5.75 Å². The fourth-order valence-corrected chi connectivity index (χ4v) is 3.13. The third-order valence-electron chi connectivity index (χ3n) is 3.14. The fourth-order valence-electron chi connectivity index (χ4n) is 2.13. The van der Waals surface area contributed by atoms with Crippen LogP contribution in [0.25, 0.3) is 0 Å². The van der Waals surface area contributed by atoms with Gasteiger partial charge in [0.2, 0.25) is 0 Å². The van der Waals surface area contributed by atoms with Crippen LogP contribution in [0.4, 0.5) is 0 Å². The van der Waals surface area contributed by atoms with Crippen molar-refractivity contribution in [3.05, 3.63) is 50.7 Å². The standard InChI is InChI=1S/C16H20ClNOS/c1-4-18-12(3)14-9-11(2)5-7-15(14)19-10-13-6-8-16(17)20-13/h5-9,12,18H,4,10H2,1-3H3. The maximum absolute atomic E-state index is 5.97. The van der Waals surface area contributed by atoms with Crippen molar-refractivity contribution in [1.29, 1.82) is 0 Å². The molecule has 1 N–H and O–H groups in total. The van der Waals surface area contributed by atoms with Crippen LogP contribution in [-0.2, 0) is 6.61 Å². The molecule has 0 amide bonds. The highest BCUT2D eigenvalue weighted by Gasteiger charge is 2.11. The van der Waals surface area contributed by atoms with Crippen LogP contribution in [0.5, 0.6) is 5.75 Å². The van der Waals surface area contributed by atoms with Gasteiger partial charge in [-0.25, -0.2) is 0 Å². The third-order valence-corrected chi connectivity index (χ3v) is 4.35. The number of aryl methyl sites for hydroxylation is 1. The molecule has 2 nitrogen and oxygen atoms in total. The molecule has 1 unspecified atom stereocenters. The lowest BCUT2D eigenvalue weighted by atomic mass is 10.0. The summed E-state index contributed by atoms with van der Waals surface area (Å²) in [4.78, 5) is 1.14. The van der Waals surface area contributed by atoms with Crippen molar-refractivity contribution in [2.24, 2.45) is 0 Å². The highest BCUT2D eigenvalue weighted by atomic mass is 35.5. The van der Waals surface area contributed by atoms with E-state index < -0.39 is 0 Å². The van der Waals surface area contributed by atoms with E-state index in [1.165, 1.54) is 11.1 Å². The van der Waals surface area contributed by atoms with Crippen LogP contribution in [0.3, 0.4) is 0 Å². The topological polar surface area (TPSA) is 21.3 Å². The number of benzene rings is 1. The van der Waals surface area contributed by atoms with Gasteiger partial charge in [-0.15, -0.1) is 11.3 Å². The van der Waals surface area contributed by atoms with Gasteiger partial charge < -0.3 is 10.1 Å². The summed E-state index contributed by atoms with van der Waals surface area (Å²) in [6, 6.07) is 10.5. The minimum atomic E-state index is 0.279. The van der Waals surface area contributed by atoms with Gasteiger partial charge in [0.1, 0.15) is 12.4 Å². The van der Waals surface area contributed by atoms with Gasteiger partial charge in [0.25, 0.3) is 0 Å². The Morgan fingerprint density at radius 2 is 2.10 bits per heavy atom. The highest BCUT2D eigenvalue weighted by molar-refractivity contribution is 7.16. The number of ether oxygens (including phenoxy) is 1. The number of hydrogen-bond acceptors (Lipinski definition) is 3. The van der Waals surface area contributed by atoms with Crippen molar-refractivity contribution in [1.82, 2.24) is 5.32 Å². The molecule has 0 aliphatic rings. The first-order chi connectivity index (χ1) is 9.60. The first-order valence-electron chi connectivity index (χ1n) is 6.81. The van der Waals surface area contributed by atoms with Gasteiger partial charge in [-0.2, -0.15) is 0 Å². The largest absolute Gasteiger partial charge is 0.488 e. The molecule has 1 atom stereocenters. The zero-order valence-corrected chi connectivity index (χ0v) is 13.6. The number of hydrogen-bond donors (Lipinski definition) is 1. The van der Waals surface area contributed by atoms with Gasteiger partial charge in [0, 0.05) is 16.5 Å². The maximum atomic E-state index is 5.97. The summed E-state index contributed by atoms with van der Waals surface area (Å²) in [7, 11) is 0. The Balaban J connectivity index is 2.13. The van der Waals surface area contributed by atoms with E-state index in [1.54, 1.807) is 11.3 Å². The van der Waals surface area contributed by atoms with Crippen molar-refractivity contribution in [2.45, 2.75) is 33.4 Å². The van der Waals surface area contributed by atoms with Crippen LogP contribution in [0, 0.1) is 6.92 Å². The maximum Gasteiger partial charge on any atom is 0.124 e. The van der Waals surface area contributed by atoms with Gasteiger partial charge in [0.05, 0.1) is 4.34 Å². The molecule has 0 saturated carbocycles. The number of rotatable bonds is 6. The molecule has 0 spiro atoms. The Morgan fingerprint density at radius 1 is 1.30 bits per heavy atom. The Kier molecular flexibility index (Phi) is 5.46. The van der Waals surface area contributed by atoms with E-state index in [2.05, 4.69) is 38.2 Å². The normalized spacial score (nSPS) is 12.4. The second-order valence-electron chi connectivity index (χ2n) is 4.82. The smallest absolute Gasteiger partial charge is 0.124 e. The van der Waals surface area contributed by atoms with Crippen molar-refractivity contribution < 1.29 is 4.74 Å². The molecule has 0 bridgehead atoms. The predicted molar refractivity (Wildman–Crippen MR) is 86.9 cm³/mol. The Hall–Kier alpha value is -1.03. The van der Waals surface area contributed by atoms with Crippen molar-refractivity contribution in [3.63, 3.8) is 0 Å². The average molecular weight is 310 g/mol. The minimum absolute atomic E-state index is 0.279. The van der Waals surface area contributed by atoms with E-state index in [0.29, 0.717) is 6.61 Å². The summed E-state index contributed by atoms with van der Waals surface area (Å²) >= 11 is 7.50. The Labute approximate surface area is 129 Å². The quantitative estimate of drug-likeness (QED) is 0.814. The number of thiophene rings is 1. The molecular weight excluding hydrogens is 290 g/mol. The van der Waals surface area contributed by atoms with E-state index in [9.17, 15) is 0 Å². The molecule has 4 heteroatoms. The van der Waals surface area contributed by atoms with Gasteiger partial charge in [-0.3, -0.25) is 0 Å². The molecule has 0 fully saturated rings. The molecule has 20 heavy (non-hydrogen) atoms. The van der Waals surface area contributed by atoms with Gasteiger partial charge in [-0.1, -0.05) is 36.2 Å². The second-order valence-corrected chi connectivity index (χ2v) is 6.61. The first-order valence-corrected chi connectivity index (χ1v) is 8.00. The molecule has 0 aliphatic carbocycles. The molecular formula is C16H20ClNOS. The lowest BCUT2D eigenvalue weighted by Gasteiger charge is -2.18. The summed E-state index contributed by atoms with van der Waals surface area (Å²) in [5.74, 6) is 0.938. The van der Waals surface area contributed by atoms with Crippen LogP contribution in [-0.4, -0.2) is 6.54 Å². The van der Waals surface area contributed by atoms with E-state index in [0.717, 1.165) is 21.5 Å². The Bertz CT molecular complexity index is 567. The van der Waals surface area contributed by atoms with Crippen LogP contribution in [0.2, 0.25) is 4.34 Å². The molecule has 1 aromatic carbocycles. The summed E-state index contributed by atoms with van der Waals surface area (Å²) < 4.78 is 6.77. The highest BCUT2D eigenvalue weighted by Crippen LogP contribution is 2.28. The molecule has 108 valence electrons. The predicted octanol–water partition coefficient (Wildman–Crippen LogP) is 4.96. The zero-order chi connectivity index (χ0) is 14.5. The summed E-state index contributed by atoms with van der Waals surface area (Å²) in [6.07, 6.45) is 0. The molecule has 1 heterocycles. The minimum Gasteiger partial charge on any atom is -0.488 e. The van der Waals surface area contributed by atoms with E-state index in [4.69, 9.17) is 16.3 Å². The van der Waals surface area contributed by atoms with Crippen LogP contribution in [0.15, 0.2) is 30.3 Å². The molecule has 2 rings (SSSR count). The molecule has 1 aromatic heterocycles. The Morgan fingerprint density at radius 3 is 2.75 bits per heavy atom. The van der Waals surface area contributed by atoms with E-state index >= 15 is 0 Å². The molecule has 0 aliphatic heterocycles. The van der Waals surface area contributed by atoms with Crippen molar-refractivity contribution >= 4 is 22.9 Å². The van der Waals surface area contributed by atoms with E-state index in [-0.39, 0.29) is 6.04 Å². The average Bonchev–Trinajstić information content (AvgIpc) is 2.83. The fraction of sp³-hybridized carbons (Fsp3) is 0.375. The van der Waals surface area contributed by atoms with Crippen LogP contribution >= 0.6 is 22.9 Å². The number of halogens is 1. The van der Waals surface area contributed by atoms with Crippen LogP contribution < -0.4 is 10.1 Å². The van der Waals surface area contributed by atoms with Gasteiger partial charge in [-0.05, 0) is 38.6 Å². The molecule has 0 radical (unpaired) electrons. The zero-order valence-electron chi connectivity index (χ0n) is 12.1. The summed E-state index contributed by atoms with van der Waals surface area (Å²) in [5, 5.41) is 3.43. The molecule has 2 aromatic rings. The summed E-state index contributed by atoms with van der Waals surface area (Å²) in [6.45, 7) is 7.87. The lowest BCUT2D eigenvalue weighted by Crippen LogP contribution is -2.18. The third kappa shape index (κ3) is 3.98. The monoisotopic (exact) mass is 309 g/mol.